The van der Waals surface area contributed by atoms with E-state index in [1.807, 2.05) is 18.2 Å². The summed E-state index contributed by atoms with van der Waals surface area (Å²) in [4.78, 5) is 11.1. The molecule has 1 aromatic rings. The number of esters is 1. The Hall–Kier alpha value is -1.61. The minimum absolute atomic E-state index is 0.352. The molecule has 2 rings (SSSR count). The lowest BCUT2D eigenvalue weighted by Crippen LogP contribution is -2.18. The Kier molecular flexibility index (Phi) is 2.56. The van der Waals surface area contributed by atoms with Crippen molar-refractivity contribution >= 4 is 5.97 Å². The highest BCUT2D eigenvalue weighted by atomic mass is 16.6. The first-order valence-electron chi connectivity index (χ1n) is 4.81. The Labute approximate surface area is 88.0 Å². The SMILES string of the molecule is CC1=C[C@@H]([C@H](O)c2ccccc2)OC1=O. The van der Waals surface area contributed by atoms with E-state index in [0.29, 0.717) is 5.57 Å². The van der Waals surface area contributed by atoms with Gasteiger partial charge in [0.05, 0.1) is 0 Å². The fourth-order valence-electron chi connectivity index (χ4n) is 1.56. The predicted octanol–water partition coefficient (Wildman–Crippen LogP) is 1.59. The lowest BCUT2D eigenvalue weighted by molar-refractivity contribution is -0.143. The zero-order valence-corrected chi connectivity index (χ0v) is 8.38. The van der Waals surface area contributed by atoms with Crippen LogP contribution in [0.15, 0.2) is 42.0 Å². The van der Waals surface area contributed by atoms with Crippen LogP contribution in [0.2, 0.25) is 0 Å². The second kappa shape index (κ2) is 3.87. The van der Waals surface area contributed by atoms with E-state index in [1.165, 1.54) is 0 Å². The van der Waals surface area contributed by atoms with Crippen molar-refractivity contribution in [2.75, 3.05) is 0 Å². The summed E-state index contributed by atoms with van der Waals surface area (Å²) >= 11 is 0. The molecule has 78 valence electrons. The van der Waals surface area contributed by atoms with E-state index in [9.17, 15) is 9.90 Å². The summed E-state index contributed by atoms with van der Waals surface area (Å²) in [5, 5.41) is 9.93. The molecule has 1 aromatic carbocycles. The van der Waals surface area contributed by atoms with Gasteiger partial charge in [0.2, 0.25) is 0 Å². The van der Waals surface area contributed by atoms with Gasteiger partial charge >= 0.3 is 5.97 Å². The Morgan fingerprint density at radius 3 is 2.53 bits per heavy atom. The maximum Gasteiger partial charge on any atom is 0.334 e. The van der Waals surface area contributed by atoms with E-state index in [4.69, 9.17) is 4.74 Å². The molecule has 1 aliphatic heterocycles. The monoisotopic (exact) mass is 204 g/mol. The molecule has 3 nitrogen and oxygen atoms in total. The predicted molar refractivity (Wildman–Crippen MR) is 55.0 cm³/mol. The number of ether oxygens (including phenoxy) is 1. The lowest BCUT2D eigenvalue weighted by atomic mass is 10.0. The van der Waals surface area contributed by atoms with Gasteiger partial charge in [-0.3, -0.25) is 0 Å². The zero-order valence-electron chi connectivity index (χ0n) is 8.38. The van der Waals surface area contributed by atoms with Crippen molar-refractivity contribution in [1.82, 2.24) is 0 Å². The summed E-state index contributed by atoms with van der Waals surface area (Å²) in [7, 11) is 0. The van der Waals surface area contributed by atoms with Gasteiger partial charge in [0, 0.05) is 5.57 Å². The molecular weight excluding hydrogens is 192 g/mol. The van der Waals surface area contributed by atoms with Crippen molar-refractivity contribution in [1.29, 1.82) is 0 Å². The topological polar surface area (TPSA) is 46.5 Å². The Bertz CT molecular complexity index is 395. The molecule has 0 fully saturated rings. The van der Waals surface area contributed by atoms with Gasteiger partial charge in [-0.1, -0.05) is 30.3 Å². The van der Waals surface area contributed by atoms with Gasteiger partial charge in [-0.15, -0.1) is 0 Å². The normalized spacial score (nSPS) is 22.1. The van der Waals surface area contributed by atoms with Gasteiger partial charge in [-0.05, 0) is 18.6 Å². The van der Waals surface area contributed by atoms with Crippen molar-refractivity contribution in [3.8, 4) is 0 Å². The van der Waals surface area contributed by atoms with E-state index >= 15 is 0 Å². The number of cyclic esters (lactones) is 1. The van der Waals surface area contributed by atoms with Crippen LogP contribution in [0.5, 0.6) is 0 Å². The van der Waals surface area contributed by atoms with Crippen molar-refractivity contribution in [3.05, 3.63) is 47.5 Å². The van der Waals surface area contributed by atoms with Crippen LogP contribution < -0.4 is 0 Å². The molecule has 2 atom stereocenters. The first-order valence-corrected chi connectivity index (χ1v) is 4.81. The van der Waals surface area contributed by atoms with Crippen molar-refractivity contribution in [2.45, 2.75) is 19.1 Å². The fourth-order valence-corrected chi connectivity index (χ4v) is 1.56. The van der Waals surface area contributed by atoms with Crippen LogP contribution in [-0.2, 0) is 9.53 Å². The first-order chi connectivity index (χ1) is 7.18. The highest BCUT2D eigenvalue weighted by molar-refractivity contribution is 5.90. The van der Waals surface area contributed by atoms with Gasteiger partial charge in [-0.25, -0.2) is 4.79 Å². The van der Waals surface area contributed by atoms with Gasteiger partial charge < -0.3 is 9.84 Å². The van der Waals surface area contributed by atoms with Crippen LogP contribution in [0.25, 0.3) is 0 Å². The third-order valence-corrected chi connectivity index (χ3v) is 2.43. The van der Waals surface area contributed by atoms with Crippen LogP contribution in [0.3, 0.4) is 0 Å². The molecule has 1 heterocycles. The summed E-state index contributed by atoms with van der Waals surface area (Å²) in [5.41, 5.74) is 1.30. The first kappa shape index (κ1) is 9.93. The van der Waals surface area contributed by atoms with E-state index in [1.54, 1.807) is 25.1 Å². The van der Waals surface area contributed by atoms with E-state index in [0.717, 1.165) is 5.56 Å². The molecule has 0 aromatic heterocycles. The maximum atomic E-state index is 11.1. The molecule has 0 radical (unpaired) electrons. The average molecular weight is 204 g/mol. The zero-order chi connectivity index (χ0) is 10.8. The molecular formula is C12H12O3. The molecule has 0 unspecified atom stereocenters. The number of aliphatic hydroxyl groups excluding tert-OH is 1. The number of hydrogen-bond donors (Lipinski definition) is 1. The summed E-state index contributed by atoms with van der Waals surface area (Å²) in [6.45, 7) is 1.68. The summed E-state index contributed by atoms with van der Waals surface area (Å²) in [5.74, 6) is -0.352. The van der Waals surface area contributed by atoms with Crippen LogP contribution in [-0.4, -0.2) is 17.2 Å². The second-order valence-corrected chi connectivity index (χ2v) is 3.58. The molecule has 0 saturated heterocycles. The standard InChI is InChI=1S/C12H12O3/c1-8-7-10(15-12(8)14)11(13)9-5-3-2-4-6-9/h2-7,10-11,13H,1H3/t10-,11+/m0/s1. The number of carbonyl (C=O) groups excluding carboxylic acids is 1. The van der Waals surface area contributed by atoms with Gasteiger partial charge in [0.1, 0.15) is 6.10 Å². The van der Waals surface area contributed by atoms with Crippen molar-refractivity contribution in [3.63, 3.8) is 0 Å². The third kappa shape index (κ3) is 1.92. The van der Waals surface area contributed by atoms with E-state index in [2.05, 4.69) is 0 Å². The number of hydrogen-bond acceptors (Lipinski definition) is 3. The molecule has 15 heavy (non-hydrogen) atoms. The molecule has 1 aliphatic rings. The summed E-state index contributed by atoms with van der Waals surface area (Å²) in [6.07, 6.45) is 0.312. The highest BCUT2D eigenvalue weighted by Crippen LogP contribution is 2.25. The Balaban J connectivity index is 2.17. The lowest BCUT2D eigenvalue weighted by Gasteiger charge is -2.16. The van der Waals surface area contributed by atoms with Gasteiger partial charge in [0.15, 0.2) is 6.10 Å². The molecule has 0 spiro atoms. The largest absolute Gasteiger partial charge is 0.452 e. The minimum Gasteiger partial charge on any atom is -0.452 e. The molecule has 0 bridgehead atoms. The number of rotatable bonds is 2. The van der Waals surface area contributed by atoms with Crippen LogP contribution in [0.1, 0.15) is 18.6 Å². The number of carbonyl (C=O) groups is 1. The number of benzene rings is 1. The van der Waals surface area contributed by atoms with Crippen LogP contribution >= 0.6 is 0 Å². The van der Waals surface area contributed by atoms with E-state index in [-0.39, 0.29) is 5.97 Å². The summed E-state index contributed by atoms with van der Waals surface area (Å²) < 4.78 is 5.01. The molecule has 0 saturated carbocycles. The summed E-state index contributed by atoms with van der Waals surface area (Å²) in [6, 6.07) is 9.16. The van der Waals surface area contributed by atoms with Gasteiger partial charge in [-0.2, -0.15) is 0 Å². The Morgan fingerprint density at radius 1 is 1.33 bits per heavy atom. The van der Waals surface area contributed by atoms with Crippen molar-refractivity contribution < 1.29 is 14.6 Å². The third-order valence-electron chi connectivity index (χ3n) is 2.43. The quantitative estimate of drug-likeness (QED) is 0.744. The highest BCUT2D eigenvalue weighted by Gasteiger charge is 2.29. The minimum atomic E-state index is -0.785. The average Bonchev–Trinajstić information content (AvgIpc) is 2.59. The van der Waals surface area contributed by atoms with Crippen LogP contribution in [0, 0.1) is 0 Å². The fraction of sp³-hybridized carbons (Fsp3) is 0.250. The second-order valence-electron chi connectivity index (χ2n) is 3.58. The molecule has 3 heteroatoms. The van der Waals surface area contributed by atoms with Crippen molar-refractivity contribution in [2.24, 2.45) is 0 Å². The molecule has 1 N–H and O–H groups in total. The van der Waals surface area contributed by atoms with Crippen LogP contribution in [0.4, 0.5) is 0 Å². The van der Waals surface area contributed by atoms with Gasteiger partial charge in [0.25, 0.3) is 0 Å². The smallest absolute Gasteiger partial charge is 0.334 e. The molecule has 0 aliphatic carbocycles. The van der Waals surface area contributed by atoms with E-state index < -0.39 is 12.2 Å². The number of aliphatic hydroxyl groups is 1. The maximum absolute atomic E-state index is 11.1. The molecule has 0 amide bonds. The Morgan fingerprint density at radius 2 is 2.00 bits per heavy atom.